The number of rotatable bonds is 1. The molecule has 0 aromatic carbocycles. The summed E-state index contributed by atoms with van der Waals surface area (Å²) in [5, 5.41) is 0. The lowest BCUT2D eigenvalue weighted by Crippen LogP contribution is -2.43. The SMILES string of the molecule is CC1CCC(N2CCC(F)CC2)CC1. The van der Waals surface area contributed by atoms with E-state index in [4.69, 9.17) is 0 Å². The van der Waals surface area contributed by atoms with Gasteiger partial charge in [-0.05, 0) is 44.4 Å². The zero-order valence-electron chi connectivity index (χ0n) is 9.21. The summed E-state index contributed by atoms with van der Waals surface area (Å²) in [5.41, 5.74) is 0. The summed E-state index contributed by atoms with van der Waals surface area (Å²) in [5.74, 6) is 0.921. The van der Waals surface area contributed by atoms with Crippen molar-refractivity contribution < 1.29 is 4.39 Å². The Labute approximate surface area is 86.7 Å². The zero-order chi connectivity index (χ0) is 9.97. The first-order chi connectivity index (χ1) is 6.75. The molecule has 0 amide bonds. The second-order valence-electron chi connectivity index (χ2n) is 5.12. The minimum atomic E-state index is -0.520. The Morgan fingerprint density at radius 3 is 2.07 bits per heavy atom. The van der Waals surface area contributed by atoms with E-state index >= 15 is 0 Å². The van der Waals surface area contributed by atoms with Crippen molar-refractivity contribution in [1.29, 1.82) is 0 Å². The van der Waals surface area contributed by atoms with Crippen LogP contribution >= 0.6 is 0 Å². The van der Waals surface area contributed by atoms with Crippen molar-refractivity contribution in [1.82, 2.24) is 4.90 Å². The van der Waals surface area contributed by atoms with Crippen molar-refractivity contribution in [3.8, 4) is 0 Å². The first-order valence-corrected chi connectivity index (χ1v) is 6.14. The van der Waals surface area contributed by atoms with Crippen LogP contribution in [0.4, 0.5) is 4.39 Å². The molecule has 0 N–H and O–H groups in total. The van der Waals surface area contributed by atoms with Gasteiger partial charge in [0.25, 0.3) is 0 Å². The van der Waals surface area contributed by atoms with Gasteiger partial charge in [-0.25, -0.2) is 4.39 Å². The Kier molecular flexibility index (Phi) is 3.42. The van der Waals surface area contributed by atoms with Crippen LogP contribution in [-0.2, 0) is 0 Å². The van der Waals surface area contributed by atoms with Gasteiger partial charge in [0, 0.05) is 19.1 Å². The molecule has 0 aromatic rings. The van der Waals surface area contributed by atoms with Gasteiger partial charge < -0.3 is 4.90 Å². The quantitative estimate of drug-likeness (QED) is 0.627. The first-order valence-electron chi connectivity index (χ1n) is 6.14. The van der Waals surface area contributed by atoms with Crippen LogP contribution in [0, 0.1) is 5.92 Å². The van der Waals surface area contributed by atoms with Crippen LogP contribution < -0.4 is 0 Å². The van der Waals surface area contributed by atoms with Gasteiger partial charge in [-0.3, -0.25) is 0 Å². The number of halogens is 1. The highest BCUT2D eigenvalue weighted by atomic mass is 19.1. The molecule has 0 unspecified atom stereocenters. The lowest BCUT2D eigenvalue weighted by Gasteiger charge is -2.39. The Morgan fingerprint density at radius 2 is 1.50 bits per heavy atom. The zero-order valence-corrected chi connectivity index (χ0v) is 9.21. The summed E-state index contributed by atoms with van der Waals surface area (Å²) in [7, 11) is 0. The van der Waals surface area contributed by atoms with E-state index in [1.54, 1.807) is 0 Å². The summed E-state index contributed by atoms with van der Waals surface area (Å²) < 4.78 is 13.0. The van der Waals surface area contributed by atoms with Gasteiger partial charge in [-0.2, -0.15) is 0 Å². The Balaban J connectivity index is 1.78. The van der Waals surface area contributed by atoms with Crippen LogP contribution in [0.1, 0.15) is 45.4 Å². The summed E-state index contributed by atoms with van der Waals surface area (Å²) in [6.07, 6.45) is 6.46. The van der Waals surface area contributed by atoms with Gasteiger partial charge >= 0.3 is 0 Å². The summed E-state index contributed by atoms with van der Waals surface area (Å²) in [6.45, 7) is 4.35. The van der Waals surface area contributed by atoms with Crippen LogP contribution in [0.5, 0.6) is 0 Å². The average molecular weight is 199 g/mol. The van der Waals surface area contributed by atoms with E-state index in [2.05, 4.69) is 11.8 Å². The Morgan fingerprint density at radius 1 is 0.929 bits per heavy atom. The monoisotopic (exact) mass is 199 g/mol. The van der Waals surface area contributed by atoms with E-state index in [1.807, 2.05) is 0 Å². The Hall–Kier alpha value is -0.110. The third kappa shape index (κ3) is 2.47. The fourth-order valence-electron chi connectivity index (χ4n) is 2.84. The maximum absolute atomic E-state index is 13.0. The van der Waals surface area contributed by atoms with Gasteiger partial charge in [0.1, 0.15) is 6.17 Å². The van der Waals surface area contributed by atoms with Crippen molar-refractivity contribution in [2.24, 2.45) is 5.92 Å². The smallest absolute Gasteiger partial charge is 0.103 e. The van der Waals surface area contributed by atoms with E-state index in [0.29, 0.717) is 0 Å². The third-order valence-electron chi connectivity index (χ3n) is 3.96. The van der Waals surface area contributed by atoms with Gasteiger partial charge in [-0.15, -0.1) is 0 Å². The summed E-state index contributed by atoms with van der Waals surface area (Å²) in [4.78, 5) is 2.53. The highest BCUT2D eigenvalue weighted by Gasteiger charge is 2.27. The predicted molar refractivity (Wildman–Crippen MR) is 57.1 cm³/mol. The normalized spacial score (nSPS) is 37.3. The molecule has 2 rings (SSSR count). The minimum absolute atomic E-state index is 0.520. The van der Waals surface area contributed by atoms with E-state index in [0.717, 1.165) is 37.9 Å². The van der Waals surface area contributed by atoms with Crippen molar-refractivity contribution >= 4 is 0 Å². The third-order valence-corrected chi connectivity index (χ3v) is 3.96. The highest BCUT2D eigenvalue weighted by Crippen LogP contribution is 2.29. The lowest BCUT2D eigenvalue weighted by molar-refractivity contribution is 0.0834. The fraction of sp³-hybridized carbons (Fsp3) is 1.00. The lowest BCUT2D eigenvalue weighted by atomic mass is 9.86. The summed E-state index contributed by atoms with van der Waals surface area (Å²) in [6, 6.07) is 0.777. The van der Waals surface area contributed by atoms with Crippen LogP contribution in [0.25, 0.3) is 0 Å². The van der Waals surface area contributed by atoms with E-state index in [1.165, 1.54) is 25.7 Å². The van der Waals surface area contributed by atoms with Crippen molar-refractivity contribution in [2.75, 3.05) is 13.1 Å². The Bertz CT molecular complexity index is 147. The molecule has 14 heavy (non-hydrogen) atoms. The van der Waals surface area contributed by atoms with Gasteiger partial charge in [0.2, 0.25) is 0 Å². The molecule has 2 fully saturated rings. The van der Waals surface area contributed by atoms with Gasteiger partial charge in [0.05, 0.1) is 0 Å². The number of alkyl halides is 1. The van der Waals surface area contributed by atoms with Crippen LogP contribution in [0.3, 0.4) is 0 Å². The molecule has 1 aliphatic carbocycles. The maximum Gasteiger partial charge on any atom is 0.103 e. The molecular formula is C12H22FN. The molecule has 1 saturated carbocycles. The minimum Gasteiger partial charge on any atom is -0.300 e. The molecule has 1 aliphatic heterocycles. The molecule has 82 valence electrons. The van der Waals surface area contributed by atoms with Gasteiger partial charge in [0.15, 0.2) is 0 Å². The highest BCUT2D eigenvalue weighted by molar-refractivity contribution is 4.82. The molecule has 0 aromatic heterocycles. The molecule has 0 spiro atoms. The number of hydrogen-bond acceptors (Lipinski definition) is 1. The second kappa shape index (κ2) is 4.61. The fourth-order valence-corrected chi connectivity index (χ4v) is 2.84. The standard InChI is InChI=1S/C12H22FN/c1-10-2-4-12(5-3-10)14-8-6-11(13)7-9-14/h10-12H,2-9H2,1H3. The molecule has 0 radical (unpaired) electrons. The number of hydrogen-bond donors (Lipinski definition) is 0. The molecule has 2 heteroatoms. The molecule has 0 bridgehead atoms. The van der Waals surface area contributed by atoms with E-state index < -0.39 is 6.17 Å². The molecule has 0 atom stereocenters. The molecule has 1 heterocycles. The number of likely N-dealkylation sites (tertiary alicyclic amines) is 1. The molecule has 2 aliphatic rings. The van der Waals surface area contributed by atoms with Crippen molar-refractivity contribution in [2.45, 2.75) is 57.7 Å². The van der Waals surface area contributed by atoms with E-state index in [9.17, 15) is 4.39 Å². The largest absolute Gasteiger partial charge is 0.300 e. The first kappa shape index (κ1) is 10.4. The number of piperidine rings is 1. The predicted octanol–water partition coefficient (Wildman–Crippen LogP) is 3.00. The molecule has 1 saturated heterocycles. The second-order valence-corrected chi connectivity index (χ2v) is 5.12. The molecule has 1 nitrogen and oxygen atoms in total. The number of nitrogens with zero attached hydrogens (tertiary/aromatic N) is 1. The topological polar surface area (TPSA) is 3.24 Å². The molecular weight excluding hydrogens is 177 g/mol. The van der Waals surface area contributed by atoms with Crippen LogP contribution in [0.15, 0.2) is 0 Å². The van der Waals surface area contributed by atoms with Crippen molar-refractivity contribution in [3.63, 3.8) is 0 Å². The van der Waals surface area contributed by atoms with Crippen LogP contribution in [0.2, 0.25) is 0 Å². The van der Waals surface area contributed by atoms with Gasteiger partial charge in [-0.1, -0.05) is 6.92 Å². The van der Waals surface area contributed by atoms with E-state index in [-0.39, 0.29) is 0 Å². The van der Waals surface area contributed by atoms with Crippen LogP contribution in [-0.4, -0.2) is 30.2 Å². The van der Waals surface area contributed by atoms with Crippen molar-refractivity contribution in [3.05, 3.63) is 0 Å². The summed E-state index contributed by atoms with van der Waals surface area (Å²) >= 11 is 0. The maximum atomic E-state index is 13.0. The average Bonchev–Trinajstić information content (AvgIpc) is 2.21.